The number of carbonyl (C=O) groups excluding carboxylic acids is 1. The fraction of sp³-hybridized carbons (Fsp3) is 0.875. The van der Waals surface area contributed by atoms with Gasteiger partial charge in [-0.3, -0.25) is 0 Å². The maximum absolute atomic E-state index is 12.5. The van der Waals surface area contributed by atoms with Crippen molar-refractivity contribution in [3.8, 4) is 0 Å². The highest BCUT2D eigenvalue weighted by atomic mass is 32.1. The molecule has 0 aromatic heterocycles. The molecule has 4 saturated carbocycles. The number of nitrogens with two attached hydrogens (primary N) is 1. The van der Waals surface area contributed by atoms with Gasteiger partial charge in [-0.2, -0.15) is 0 Å². The van der Waals surface area contributed by atoms with E-state index in [2.05, 4.69) is 10.6 Å². The molecule has 4 bridgehead atoms. The summed E-state index contributed by atoms with van der Waals surface area (Å²) < 4.78 is 0. The Balaban J connectivity index is 1.66. The summed E-state index contributed by atoms with van der Waals surface area (Å²) in [6.07, 6.45) is 8.30. The molecule has 4 rings (SSSR count). The van der Waals surface area contributed by atoms with Gasteiger partial charge in [-0.1, -0.05) is 19.1 Å². The summed E-state index contributed by atoms with van der Waals surface area (Å²) in [5, 5.41) is 6.31. The second-order valence-corrected chi connectivity index (χ2v) is 8.27. The van der Waals surface area contributed by atoms with Crippen LogP contribution >= 0.6 is 12.2 Å². The third-order valence-electron chi connectivity index (χ3n) is 6.06. The van der Waals surface area contributed by atoms with E-state index in [0.29, 0.717) is 11.4 Å². The molecule has 4 N–H and O–H groups in total. The van der Waals surface area contributed by atoms with Crippen molar-refractivity contribution in [2.45, 2.75) is 69.9 Å². The molecule has 5 heteroatoms. The summed E-state index contributed by atoms with van der Waals surface area (Å²) in [5.74, 6) is 2.47. The van der Waals surface area contributed by atoms with Crippen LogP contribution in [-0.2, 0) is 0 Å². The molecule has 0 aliphatic heterocycles. The lowest BCUT2D eigenvalue weighted by molar-refractivity contribution is -0.0137. The molecule has 4 aliphatic carbocycles. The minimum absolute atomic E-state index is 0.0315. The number of hydrogen-bond donors (Lipinski definition) is 3. The number of urea groups is 1. The first kappa shape index (κ1) is 15.1. The Bertz CT molecular complexity index is 429. The summed E-state index contributed by atoms with van der Waals surface area (Å²) in [6.45, 7) is 3.89. The van der Waals surface area contributed by atoms with E-state index in [1.165, 1.54) is 19.3 Å². The van der Waals surface area contributed by atoms with Gasteiger partial charge in [-0.15, -0.1) is 0 Å². The Morgan fingerprint density at radius 2 is 1.71 bits per heavy atom. The van der Waals surface area contributed by atoms with E-state index in [4.69, 9.17) is 18.0 Å². The van der Waals surface area contributed by atoms with Crippen LogP contribution in [0.2, 0.25) is 0 Å². The van der Waals surface area contributed by atoms with E-state index in [-0.39, 0.29) is 11.6 Å². The minimum Gasteiger partial charge on any atom is -0.391 e. The van der Waals surface area contributed by atoms with Crippen molar-refractivity contribution in [1.82, 2.24) is 10.6 Å². The zero-order valence-electron chi connectivity index (χ0n) is 13.1. The van der Waals surface area contributed by atoms with Gasteiger partial charge >= 0.3 is 6.03 Å². The first-order valence-corrected chi connectivity index (χ1v) is 8.65. The highest BCUT2D eigenvalue weighted by molar-refractivity contribution is 7.80. The molecule has 1 unspecified atom stereocenters. The van der Waals surface area contributed by atoms with Crippen LogP contribution in [-0.4, -0.2) is 22.1 Å². The topological polar surface area (TPSA) is 67.2 Å². The highest BCUT2D eigenvalue weighted by Crippen LogP contribution is 2.55. The van der Waals surface area contributed by atoms with Gasteiger partial charge in [0.2, 0.25) is 0 Å². The van der Waals surface area contributed by atoms with Gasteiger partial charge < -0.3 is 16.4 Å². The highest BCUT2D eigenvalue weighted by Gasteiger charge is 2.51. The van der Waals surface area contributed by atoms with Crippen molar-refractivity contribution < 1.29 is 4.79 Å². The van der Waals surface area contributed by atoms with Crippen molar-refractivity contribution in [3.63, 3.8) is 0 Å². The number of rotatable bonds is 4. The first-order chi connectivity index (χ1) is 9.84. The number of hydrogen-bond acceptors (Lipinski definition) is 2. The number of amides is 2. The predicted molar refractivity (Wildman–Crippen MR) is 88.1 cm³/mol. The fourth-order valence-electron chi connectivity index (χ4n) is 5.11. The van der Waals surface area contributed by atoms with Gasteiger partial charge in [-0.25, -0.2) is 4.79 Å². The predicted octanol–water partition coefficient (Wildman–Crippen LogP) is 2.71. The molecule has 4 aliphatic rings. The molecule has 4 fully saturated rings. The van der Waals surface area contributed by atoms with Gasteiger partial charge in [0.05, 0.1) is 10.5 Å². The number of thiocarbonyl (C=S) groups is 1. The van der Waals surface area contributed by atoms with E-state index in [9.17, 15) is 4.79 Å². The second-order valence-electron chi connectivity index (χ2n) is 7.83. The molecule has 0 radical (unpaired) electrons. The SMILES string of the molecule is CCC(C)(NC(=O)NC12CC3CC(CC(C3)C1)C2)C(N)=S. The molecule has 0 saturated heterocycles. The van der Waals surface area contributed by atoms with E-state index < -0.39 is 5.54 Å². The van der Waals surface area contributed by atoms with E-state index in [0.717, 1.165) is 37.0 Å². The lowest BCUT2D eigenvalue weighted by Gasteiger charge is -2.57. The molecule has 0 spiro atoms. The molecule has 0 aromatic rings. The normalized spacial score (nSPS) is 39.6. The average molecular weight is 309 g/mol. The Morgan fingerprint density at radius 1 is 1.24 bits per heavy atom. The smallest absolute Gasteiger partial charge is 0.315 e. The standard InChI is InChI=1S/C16H27N3OS/c1-3-15(2,13(17)21)18-14(20)19-16-7-10-4-11(8-16)6-12(5-10)9-16/h10-12H,3-9H2,1-2H3,(H2,17,21)(H2,18,19,20). The molecule has 118 valence electrons. The largest absolute Gasteiger partial charge is 0.391 e. The molecule has 0 heterocycles. The van der Waals surface area contributed by atoms with Gasteiger partial charge in [0, 0.05) is 5.54 Å². The second kappa shape index (κ2) is 5.11. The minimum atomic E-state index is -0.596. The van der Waals surface area contributed by atoms with Crippen LogP contribution in [0, 0.1) is 17.8 Å². The van der Waals surface area contributed by atoms with Gasteiger partial charge in [0.15, 0.2) is 0 Å². The maximum Gasteiger partial charge on any atom is 0.315 e. The quantitative estimate of drug-likeness (QED) is 0.700. The van der Waals surface area contributed by atoms with Crippen molar-refractivity contribution >= 4 is 23.2 Å². The Labute approximate surface area is 132 Å². The van der Waals surface area contributed by atoms with Crippen molar-refractivity contribution in [2.24, 2.45) is 23.5 Å². The van der Waals surface area contributed by atoms with Crippen LogP contribution < -0.4 is 16.4 Å². The van der Waals surface area contributed by atoms with Crippen LogP contribution in [0.5, 0.6) is 0 Å². The van der Waals surface area contributed by atoms with Crippen LogP contribution in [0.4, 0.5) is 4.79 Å². The monoisotopic (exact) mass is 309 g/mol. The molecule has 1 atom stereocenters. The third-order valence-corrected chi connectivity index (χ3v) is 6.51. The van der Waals surface area contributed by atoms with Crippen molar-refractivity contribution in [3.05, 3.63) is 0 Å². The van der Waals surface area contributed by atoms with Crippen molar-refractivity contribution in [1.29, 1.82) is 0 Å². The Kier molecular flexibility index (Phi) is 3.67. The summed E-state index contributed by atoms with van der Waals surface area (Å²) in [4.78, 5) is 12.8. The zero-order valence-corrected chi connectivity index (χ0v) is 13.9. The molecular weight excluding hydrogens is 282 g/mol. The molecular formula is C16H27N3OS. The van der Waals surface area contributed by atoms with Gasteiger partial charge in [-0.05, 0) is 69.6 Å². The van der Waals surface area contributed by atoms with Crippen LogP contribution in [0.25, 0.3) is 0 Å². The summed E-state index contributed by atoms with van der Waals surface area (Å²) in [6, 6.07) is -0.103. The summed E-state index contributed by atoms with van der Waals surface area (Å²) in [7, 11) is 0. The number of nitrogens with one attached hydrogen (secondary N) is 2. The third kappa shape index (κ3) is 2.77. The number of carbonyl (C=O) groups is 1. The van der Waals surface area contributed by atoms with E-state index >= 15 is 0 Å². The molecule has 21 heavy (non-hydrogen) atoms. The van der Waals surface area contributed by atoms with Gasteiger partial charge in [0.1, 0.15) is 0 Å². The average Bonchev–Trinajstić information content (AvgIpc) is 2.35. The van der Waals surface area contributed by atoms with Crippen LogP contribution in [0.1, 0.15) is 58.8 Å². The summed E-state index contributed by atoms with van der Waals surface area (Å²) in [5.41, 5.74) is 5.22. The first-order valence-electron chi connectivity index (χ1n) is 8.24. The lowest BCUT2D eigenvalue weighted by Crippen LogP contribution is -2.64. The molecule has 4 nitrogen and oxygen atoms in total. The van der Waals surface area contributed by atoms with E-state index in [1.54, 1.807) is 0 Å². The maximum atomic E-state index is 12.5. The Morgan fingerprint density at radius 3 is 2.10 bits per heavy atom. The molecule has 2 amide bonds. The lowest BCUT2D eigenvalue weighted by atomic mass is 9.53. The van der Waals surface area contributed by atoms with Crippen molar-refractivity contribution in [2.75, 3.05) is 0 Å². The summed E-state index contributed by atoms with van der Waals surface area (Å²) >= 11 is 5.10. The molecule has 0 aromatic carbocycles. The van der Waals surface area contributed by atoms with Crippen LogP contribution in [0.15, 0.2) is 0 Å². The van der Waals surface area contributed by atoms with Crippen LogP contribution in [0.3, 0.4) is 0 Å². The van der Waals surface area contributed by atoms with E-state index in [1.807, 2.05) is 13.8 Å². The van der Waals surface area contributed by atoms with Gasteiger partial charge in [0.25, 0.3) is 0 Å². The Hall–Kier alpha value is -0.840. The fourth-order valence-corrected chi connectivity index (χ4v) is 5.31. The zero-order chi connectivity index (χ0) is 15.3.